The SMILES string of the molecule is CCCCCCC(=O)O[C@@H]1[C@@H](O)[C@H](C)O[C@@H](O)[C@@H]1OC(=O)/C(=C/c1ccc(O)c(OC)c1)Cc1ccccc1. The maximum absolute atomic E-state index is 13.5. The largest absolute Gasteiger partial charge is 0.504 e. The van der Waals surface area contributed by atoms with Crippen molar-refractivity contribution in [2.75, 3.05) is 7.11 Å². The number of carbonyl (C=O) groups excluding carboxylic acids is 2. The third-order valence-corrected chi connectivity index (χ3v) is 6.57. The Balaban J connectivity index is 1.85. The van der Waals surface area contributed by atoms with Crippen LogP contribution in [0.2, 0.25) is 0 Å². The molecule has 1 fully saturated rings. The Morgan fingerprint density at radius 1 is 1.00 bits per heavy atom. The van der Waals surface area contributed by atoms with Crippen molar-refractivity contribution in [1.29, 1.82) is 0 Å². The third-order valence-electron chi connectivity index (χ3n) is 6.57. The number of hydrogen-bond acceptors (Lipinski definition) is 9. The van der Waals surface area contributed by atoms with Gasteiger partial charge in [-0.2, -0.15) is 0 Å². The number of esters is 2. The number of benzene rings is 2. The standard InChI is InChI=1S/C30H38O9/c1-4-5-6-10-13-25(32)38-27-26(33)19(2)37-30(35)28(27)39-29(34)22(16-20-11-8-7-9-12-20)17-21-14-15-23(31)24(18-21)36-3/h7-9,11-12,14-15,17-19,26-28,30-31,33,35H,4-6,10,13,16H2,1-3H3/b22-17+/t19-,26-,27+,28+,30+/m0/s1. The van der Waals surface area contributed by atoms with Gasteiger partial charge >= 0.3 is 11.9 Å². The molecule has 0 radical (unpaired) electrons. The average Bonchev–Trinajstić information content (AvgIpc) is 2.92. The smallest absolute Gasteiger partial charge is 0.334 e. The highest BCUT2D eigenvalue weighted by Gasteiger charge is 2.48. The summed E-state index contributed by atoms with van der Waals surface area (Å²) in [5.41, 5.74) is 1.62. The fourth-order valence-corrected chi connectivity index (χ4v) is 4.35. The molecule has 0 bridgehead atoms. The zero-order valence-corrected chi connectivity index (χ0v) is 22.6. The van der Waals surface area contributed by atoms with Crippen molar-refractivity contribution in [3.05, 3.63) is 65.2 Å². The molecule has 2 aromatic carbocycles. The highest BCUT2D eigenvalue weighted by molar-refractivity contribution is 5.94. The van der Waals surface area contributed by atoms with Gasteiger partial charge in [0.25, 0.3) is 0 Å². The molecule has 1 aliphatic rings. The van der Waals surface area contributed by atoms with E-state index in [1.165, 1.54) is 20.1 Å². The Hall–Kier alpha value is -3.40. The van der Waals surface area contributed by atoms with Gasteiger partial charge in [0.1, 0.15) is 6.10 Å². The number of phenols is 1. The number of carbonyl (C=O) groups is 2. The maximum atomic E-state index is 13.5. The fraction of sp³-hybridized carbons (Fsp3) is 0.467. The van der Waals surface area contributed by atoms with Crippen LogP contribution in [0.15, 0.2) is 54.1 Å². The van der Waals surface area contributed by atoms with Crippen molar-refractivity contribution in [1.82, 2.24) is 0 Å². The van der Waals surface area contributed by atoms with Crippen LogP contribution in [0.4, 0.5) is 0 Å². The van der Waals surface area contributed by atoms with Crippen molar-refractivity contribution in [2.24, 2.45) is 0 Å². The van der Waals surface area contributed by atoms with Gasteiger partial charge in [0, 0.05) is 18.4 Å². The van der Waals surface area contributed by atoms with Crippen molar-refractivity contribution < 1.29 is 43.9 Å². The summed E-state index contributed by atoms with van der Waals surface area (Å²) in [6.45, 7) is 3.60. The second-order valence-corrected chi connectivity index (χ2v) is 9.62. The van der Waals surface area contributed by atoms with E-state index in [1.807, 2.05) is 30.3 Å². The molecular weight excluding hydrogens is 504 g/mol. The first kappa shape index (κ1) is 30.1. The van der Waals surface area contributed by atoms with Crippen molar-refractivity contribution in [3.8, 4) is 11.5 Å². The molecule has 1 saturated heterocycles. The number of phenolic OH excluding ortho intramolecular Hbond substituents is 1. The molecule has 3 rings (SSSR count). The summed E-state index contributed by atoms with van der Waals surface area (Å²) in [4.78, 5) is 26.0. The van der Waals surface area contributed by atoms with Gasteiger partial charge < -0.3 is 34.3 Å². The van der Waals surface area contributed by atoms with Crippen molar-refractivity contribution in [2.45, 2.75) is 83.1 Å². The van der Waals surface area contributed by atoms with Gasteiger partial charge in [0.2, 0.25) is 0 Å². The highest BCUT2D eigenvalue weighted by atomic mass is 16.7. The highest BCUT2D eigenvalue weighted by Crippen LogP contribution is 2.29. The van der Waals surface area contributed by atoms with Crippen LogP contribution in [0, 0.1) is 0 Å². The number of rotatable bonds is 12. The van der Waals surface area contributed by atoms with Crippen LogP contribution in [0.5, 0.6) is 11.5 Å². The molecule has 2 aromatic rings. The van der Waals surface area contributed by atoms with E-state index < -0.39 is 42.6 Å². The maximum Gasteiger partial charge on any atom is 0.334 e. The van der Waals surface area contributed by atoms with Crippen LogP contribution in [-0.4, -0.2) is 65.1 Å². The zero-order chi connectivity index (χ0) is 28.4. The number of aromatic hydroxyl groups is 1. The van der Waals surface area contributed by atoms with Gasteiger partial charge in [0.05, 0.1) is 13.2 Å². The topological polar surface area (TPSA) is 132 Å². The Morgan fingerprint density at radius 3 is 2.44 bits per heavy atom. The molecule has 1 aliphatic heterocycles. The predicted molar refractivity (Wildman–Crippen MR) is 144 cm³/mol. The number of hydrogen-bond donors (Lipinski definition) is 3. The molecule has 0 spiro atoms. The average molecular weight is 543 g/mol. The molecule has 3 N–H and O–H groups in total. The van der Waals surface area contributed by atoms with Crippen LogP contribution in [0.25, 0.3) is 6.08 Å². The predicted octanol–water partition coefficient (Wildman–Crippen LogP) is 3.92. The van der Waals surface area contributed by atoms with E-state index in [1.54, 1.807) is 18.2 Å². The van der Waals surface area contributed by atoms with Gasteiger partial charge in [-0.25, -0.2) is 4.79 Å². The van der Waals surface area contributed by atoms with E-state index in [9.17, 15) is 24.9 Å². The second kappa shape index (κ2) is 14.7. The fourth-order valence-electron chi connectivity index (χ4n) is 4.35. The lowest BCUT2D eigenvalue weighted by Gasteiger charge is -2.40. The van der Waals surface area contributed by atoms with Crippen LogP contribution in [0.3, 0.4) is 0 Å². The summed E-state index contributed by atoms with van der Waals surface area (Å²) in [5, 5.41) is 31.3. The van der Waals surface area contributed by atoms with Gasteiger partial charge in [-0.1, -0.05) is 62.6 Å². The van der Waals surface area contributed by atoms with Gasteiger partial charge in [0.15, 0.2) is 30.0 Å². The van der Waals surface area contributed by atoms with Gasteiger partial charge in [-0.15, -0.1) is 0 Å². The lowest BCUT2D eigenvalue weighted by atomic mass is 9.98. The molecular formula is C30H38O9. The van der Waals surface area contributed by atoms with E-state index in [2.05, 4.69) is 6.92 Å². The number of ether oxygens (including phenoxy) is 4. The Labute approximate surface area is 229 Å². The summed E-state index contributed by atoms with van der Waals surface area (Å²) >= 11 is 0. The molecule has 39 heavy (non-hydrogen) atoms. The first-order valence-electron chi connectivity index (χ1n) is 13.3. The minimum atomic E-state index is -1.61. The Kier molecular flexibility index (Phi) is 11.3. The third kappa shape index (κ3) is 8.54. The lowest BCUT2D eigenvalue weighted by Crippen LogP contribution is -2.59. The molecule has 0 aromatic heterocycles. The van der Waals surface area contributed by atoms with Crippen molar-refractivity contribution in [3.63, 3.8) is 0 Å². The molecule has 0 unspecified atom stereocenters. The normalized spacial score (nSPS) is 23.2. The lowest BCUT2D eigenvalue weighted by molar-refractivity contribution is -0.285. The summed E-state index contributed by atoms with van der Waals surface area (Å²) in [5.74, 6) is -1.15. The summed E-state index contributed by atoms with van der Waals surface area (Å²) in [6, 6.07) is 13.9. The minimum Gasteiger partial charge on any atom is -0.504 e. The first-order valence-corrected chi connectivity index (χ1v) is 13.3. The molecule has 9 nitrogen and oxygen atoms in total. The Morgan fingerprint density at radius 2 is 1.74 bits per heavy atom. The number of aliphatic hydroxyl groups is 2. The van der Waals surface area contributed by atoms with Crippen LogP contribution in [-0.2, 0) is 30.2 Å². The van der Waals surface area contributed by atoms with Crippen LogP contribution >= 0.6 is 0 Å². The summed E-state index contributed by atoms with van der Waals surface area (Å²) < 4.78 is 21.7. The number of aliphatic hydroxyl groups excluding tert-OH is 2. The summed E-state index contributed by atoms with van der Waals surface area (Å²) in [7, 11) is 1.42. The van der Waals surface area contributed by atoms with E-state index in [-0.39, 0.29) is 29.9 Å². The van der Waals surface area contributed by atoms with E-state index >= 15 is 0 Å². The number of unbranched alkanes of at least 4 members (excludes halogenated alkanes) is 3. The van der Waals surface area contributed by atoms with Gasteiger partial charge in [-0.3, -0.25) is 4.79 Å². The van der Waals surface area contributed by atoms with E-state index in [4.69, 9.17) is 18.9 Å². The molecule has 9 heteroatoms. The van der Waals surface area contributed by atoms with Gasteiger partial charge in [-0.05, 0) is 42.7 Å². The number of methoxy groups -OCH3 is 1. The molecule has 0 aliphatic carbocycles. The monoisotopic (exact) mass is 542 g/mol. The Bertz CT molecular complexity index is 1110. The summed E-state index contributed by atoms with van der Waals surface area (Å²) in [6.07, 6.45) is -1.09. The minimum absolute atomic E-state index is 0.0493. The van der Waals surface area contributed by atoms with Crippen LogP contribution in [0.1, 0.15) is 57.1 Å². The van der Waals surface area contributed by atoms with E-state index in [0.717, 1.165) is 24.8 Å². The molecule has 5 atom stereocenters. The molecule has 212 valence electrons. The van der Waals surface area contributed by atoms with Crippen LogP contribution < -0.4 is 4.74 Å². The van der Waals surface area contributed by atoms with Crippen molar-refractivity contribution >= 4 is 18.0 Å². The molecule has 0 amide bonds. The quantitative estimate of drug-likeness (QED) is 0.207. The molecule has 1 heterocycles. The van der Waals surface area contributed by atoms with E-state index in [0.29, 0.717) is 12.0 Å². The first-order chi connectivity index (χ1) is 18.7. The zero-order valence-electron chi connectivity index (χ0n) is 22.6. The molecule has 0 saturated carbocycles. The second-order valence-electron chi connectivity index (χ2n) is 9.62.